The van der Waals surface area contributed by atoms with Crippen LogP contribution >= 0.6 is 0 Å². The third-order valence-electron chi connectivity index (χ3n) is 2.91. The van der Waals surface area contributed by atoms with Crippen molar-refractivity contribution < 1.29 is 4.74 Å². The summed E-state index contributed by atoms with van der Waals surface area (Å²) in [6, 6.07) is 11.9. The molecule has 0 saturated heterocycles. The monoisotopic (exact) mass is 258 g/mol. The molecule has 0 fully saturated rings. The van der Waals surface area contributed by atoms with Gasteiger partial charge in [-0.25, -0.2) is 10.8 Å². The minimum atomic E-state index is 0.180. The van der Waals surface area contributed by atoms with Gasteiger partial charge in [0.05, 0.1) is 7.11 Å². The van der Waals surface area contributed by atoms with Gasteiger partial charge >= 0.3 is 0 Å². The van der Waals surface area contributed by atoms with Crippen molar-refractivity contribution in [1.29, 1.82) is 0 Å². The van der Waals surface area contributed by atoms with Gasteiger partial charge in [0.2, 0.25) is 0 Å². The van der Waals surface area contributed by atoms with Crippen molar-refractivity contribution in [1.82, 2.24) is 4.98 Å². The lowest BCUT2D eigenvalue weighted by atomic mass is 10.1. The van der Waals surface area contributed by atoms with E-state index in [0.29, 0.717) is 5.82 Å². The van der Waals surface area contributed by atoms with Gasteiger partial charge in [-0.15, -0.1) is 0 Å². The summed E-state index contributed by atoms with van der Waals surface area (Å²) in [6.07, 6.45) is 1.71. The van der Waals surface area contributed by atoms with E-state index >= 15 is 0 Å². The lowest BCUT2D eigenvalue weighted by Crippen LogP contribution is -2.10. The number of nitrogens with zero attached hydrogens (tertiary/aromatic N) is 1. The van der Waals surface area contributed by atoms with Crippen LogP contribution in [0.15, 0.2) is 42.6 Å². The Hall–Kier alpha value is -2.27. The van der Waals surface area contributed by atoms with Gasteiger partial charge in [0.1, 0.15) is 11.6 Å². The van der Waals surface area contributed by atoms with Crippen LogP contribution in [0.1, 0.15) is 18.5 Å². The molecule has 2 aromatic rings. The van der Waals surface area contributed by atoms with Crippen LogP contribution in [0.25, 0.3) is 0 Å². The molecule has 0 aliphatic carbocycles. The highest BCUT2D eigenvalue weighted by Crippen LogP contribution is 2.22. The first kappa shape index (κ1) is 13.2. The molecular formula is C14H18N4O. The van der Waals surface area contributed by atoms with Crippen molar-refractivity contribution in [3.8, 4) is 5.75 Å². The number of hydrogen-bond donors (Lipinski definition) is 3. The highest BCUT2D eigenvalue weighted by Gasteiger charge is 2.06. The highest BCUT2D eigenvalue weighted by molar-refractivity contribution is 5.52. The van der Waals surface area contributed by atoms with Crippen LogP contribution in [0.2, 0.25) is 0 Å². The van der Waals surface area contributed by atoms with E-state index in [1.54, 1.807) is 13.3 Å². The van der Waals surface area contributed by atoms with Crippen molar-refractivity contribution in [3.05, 3.63) is 48.2 Å². The molecule has 0 bridgehead atoms. The normalized spacial score (nSPS) is 11.7. The SMILES string of the molecule is COc1ccc(C(C)Nc2ccnc(NN)c2)cc1. The maximum absolute atomic E-state index is 5.34. The lowest BCUT2D eigenvalue weighted by Gasteiger charge is -2.16. The van der Waals surface area contributed by atoms with Crippen molar-refractivity contribution in [2.24, 2.45) is 5.84 Å². The number of pyridine rings is 1. The summed E-state index contributed by atoms with van der Waals surface area (Å²) < 4.78 is 5.15. The number of benzene rings is 1. The van der Waals surface area contributed by atoms with Crippen LogP contribution < -0.4 is 21.3 Å². The first-order chi connectivity index (χ1) is 9.22. The van der Waals surface area contributed by atoms with Crippen LogP contribution in [0.5, 0.6) is 5.75 Å². The molecule has 1 aromatic carbocycles. The number of methoxy groups -OCH3 is 1. The third kappa shape index (κ3) is 3.35. The smallest absolute Gasteiger partial charge is 0.141 e. The lowest BCUT2D eigenvalue weighted by molar-refractivity contribution is 0.414. The largest absolute Gasteiger partial charge is 0.497 e. The molecule has 0 aliphatic rings. The van der Waals surface area contributed by atoms with Crippen LogP contribution in [0.4, 0.5) is 11.5 Å². The number of hydrogen-bond acceptors (Lipinski definition) is 5. The fourth-order valence-electron chi connectivity index (χ4n) is 1.83. The van der Waals surface area contributed by atoms with Gasteiger partial charge in [-0.05, 0) is 30.7 Å². The number of hydrazine groups is 1. The first-order valence-electron chi connectivity index (χ1n) is 6.06. The molecule has 19 heavy (non-hydrogen) atoms. The summed E-state index contributed by atoms with van der Waals surface area (Å²) in [5.74, 6) is 6.83. The van der Waals surface area contributed by atoms with E-state index in [2.05, 4.69) is 22.7 Å². The number of rotatable bonds is 5. The van der Waals surface area contributed by atoms with Crippen molar-refractivity contribution in [3.63, 3.8) is 0 Å². The summed E-state index contributed by atoms with van der Waals surface area (Å²) in [4.78, 5) is 4.07. The Morgan fingerprint density at radius 2 is 1.95 bits per heavy atom. The average Bonchev–Trinajstić information content (AvgIpc) is 2.47. The fraction of sp³-hybridized carbons (Fsp3) is 0.214. The molecule has 5 nitrogen and oxygen atoms in total. The van der Waals surface area contributed by atoms with Gasteiger partial charge in [-0.2, -0.15) is 0 Å². The molecule has 1 atom stereocenters. The number of nitrogen functional groups attached to an aromatic ring is 1. The summed E-state index contributed by atoms with van der Waals surface area (Å²) >= 11 is 0. The molecule has 1 aromatic heterocycles. The van der Waals surface area contributed by atoms with E-state index in [1.165, 1.54) is 5.56 Å². The maximum atomic E-state index is 5.34. The van der Waals surface area contributed by atoms with Crippen LogP contribution in [-0.2, 0) is 0 Å². The van der Waals surface area contributed by atoms with E-state index in [1.807, 2.05) is 36.4 Å². The summed E-state index contributed by atoms with van der Waals surface area (Å²) in [5.41, 5.74) is 4.67. The zero-order chi connectivity index (χ0) is 13.7. The zero-order valence-electron chi connectivity index (χ0n) is 11.1. The number of aromatic nitrogens is 1. The molecule has 2 rings (SSSR count). The predicted molar refractivity (Wildman–Crippen MR) is 77.1 cm³/mol. The minimum Gasteiger partial charge on any atom is -0.497 e. The number of anilines is 2. The number of nitrogens with two attached hydrogens (primary N) is 1. The Kier molecular flexibility index (Phi) is 4.20. The van der Waals surface area contributed by atoms with Gasteiger partial charge in [-0.1, -0.05) is 12.1 Å². The minimum absolute atomic E-state index is 0.180. The summed E-state index contributed by atoms with van der Waals surface area (Å²) in [7, 11) is 1.66. The van der Waals surface area contributed by atoms with Gasteiger partial charge in [0, 0.05) is 24.0 Å². The second kappa shape index (κ2) is 6.06. The van der Waals surface area contributed by atoms with E-state index in [4.69, 9.17) is 10.6 Å². The van der Waals surface area contributed by atoms with Gasteiger partial charge in [-0.3, -0.25) is 0 Å². The Morgan fingerprint density at radius 3 is 2.58 bits per heavy atom. The maximum Gasteiger partial charge on any atom is 0.141 e. The molecule has 4 N–H and O–H groups in total. The number of nitrogens with one attached hydrogen (secondary N) is 2. The van der Waals surface area contributed by atoms with Gasteiger partial charge in [0.15, 0.2) is 0 Å². The molecule has 0 aliphatic heterocycles. The molecule has 0 radical (unpaired) electrons. The predicted octanol–water partition coefficient (Wildman–Crippen LogP) is 2.55. The Morgan fingerprint density at radius 1 is 1.21 bits per heavy atom. The molecule has 0 spiro atoms. The molecule has 1 heterocycles. The molecule has 0 amide bonds. The molecule has 100 valence electrons. The van der Waals surface area contributed by atoms with E-state index < -0.39 is 0 Å². The molecule has 1 unspecified atom stereocenters. The zero-order valence-corrected chi connectivity index (χ0v) is 11.1. The third-order valence-corrected chi connectivity index (χ3v) is 2.91. The molecular weight excluding hydrogens is 240 g/mol. The van der Waals surface area contributed by atoms with E-state index in [9.17, 15) is 0 Å². The second-order valence-corrected chi connectivity index (χ2v) is 4.21. The standard InChI is InChI=1S/C14H18N4O/c1-10(11-3-5-13(19-2)6-4-11)17-12-7-8-16-14(9-12)18-15/h3-10H,15H2,1-2H3,(H2,16,17,18). The Bertz CT molecular complexity index is 527. The quantitative estimate of drug-likeness (QED) is 0.568. The number of ether oxygens (including phenoxy) is 1. The molecule has 0 saturated carbocycles. The van der Waals surface area contributed by atoms with E-state index in [-0.39, 0.29) is 6.04 Å². The fourth-order valence-corrected chi connectivity index (χ4v) is 1.83. The van der Waals surface area contributed by atoms with E-state index in [0.717, 1.165) is 11.4 Å². The van der Waals surface area contributed by atoms with Crippen LogP contribution in [-0.4, -0.2) is 12.1 Å². The first-order valence-corrected chi connectivity index (χ1v) is 6.06. The van der Waals surface area contributed by atoms with Gasteiger partial charge in [0.25, 0.3) is 0 Å². The van der Waals surface area contributed by atoms with Crippen LogP contribution in [0, 0.1) is 0 Å². The van der Waals surface area contributed by atoms with Gasteiger partial charge < -0.3 is 15.5 Å². The summed E-state index contributed by atoms with van der Waals surface area (Å²) in [6.45, 7) is 2.10. The topological polar surface area (TPSA) is 72.2 Å². The van der Waals surface area contributed by atoms with Crippen molar-refractivity contribution in [2.75, 3.05) is 17.9 Å². The van der Waals surface area contributed by atoms with Crippen LogP contribution in [0.3, 0.4) is 0 Å². The average molecular weight is 258 g/mol. The summed E-state index contributed by atoms with van der Waals surface area (Å²) in [5, 5.41) is 3.39. The molecule has 5 heteroatoms. The van der Waals surface area contributed by atoms with Crippen molar-refractivity contribution in [2.45, 2.75) is 13.0 Å². The van der Waals surface area contributed by atoms with Crippen molar-refractivity contribution >= 4 is 11.5 Å². The Labute approximate surface area is 112 Å². The second-order valence-electron chi connectivity index (χ2n) is 4.21. The highest BCUT2D eigenvalue weighted by atomic mass is 16.5. The Balaban J connectivity index is 2.08.